The number of benzene rings is 1. The second kappa shape index (κ2) is 5.51. The first kappa shape index (κ1) is 13.7. The normalized spacial score (nSPS) is 17.3. The topological polar surface area (TPSA) is 75.4 Å². The van der Waals surface area contributed by atoms with Crippen molar-refractivity contribution in [1.82, 2.24) is 5.32 Å². The minimum absolute atomic E-state index is 0.106. The standard InChI is InChI=1S/C15H22N2O2/c1-2-15(7-3-4-8-15)14(19)17-10-11-9-12(16)5-6-13(11)18/h5-6,9,18H,2-4,7-8,10,16H2,1H3,(H,17,19). The highest BCUT2D eigenvalue weighted by Crippen LogP contribution is 2.41. The molecule has 1 saturated carbocycles. The van der Waals surface area contributed by atoms with Gasteiger partial charge in [-0.2, -0.15) is 0 Å². The van der Waals surface area contributed by atoms with Gasteiger partial charge < -0.3 is 16.2 Å². The fraction of sp³-hybridized carbons (Fsp3) is 0.533. The zero-order chi connectivity index (χ0) is 13.9. The third kappa shape index (κ3) is 2.83. The van der Waals surface area contributed by atoms with E-state index < -0.39 is 0 Å². The van der Waals surface area contributed by atoms with Gasteiger partial charge in [-0.25, -0.2) is 0 Å². The van der Waals surface area contributed by atoms with Crippen LogP contribution in [0.5, 0.6) is 5.75 Å². The Morgan fingerprint density at radius 1 is 1.42 bits per heavy atom. The third-order valence-corrected chi connectivity index (χ3v) is 4.26. The average Bonchev–Trinajstić information content (AvgIpc) is 2.89. The van der Waals surface area contributed by atoms with Crippen LogP contribution in [-0.4, -0.2) is 11.0 Å². The van der Waals surface area contributed by atoms with Gasteiger partial charge in [-0.1, -0.05) is 19.8 Å². The Hall–Kier alpha value is -1.71. The maximum Gasteiger partial charge on any atom is 0.226 e. The van der Waals surface area contributed by atoms with Crippen LogP contribution in [0, 0.1) is 5.41 Å². The van der Waals surface area contributed by atoms with E-state index in [9.17, 15) is 9.90 Å². The molecule has 19 heavy (non-hydrogen) atoms. The zero-order valence-electron chi connectivity index (χ0n) is 11.4. The van der Waals surface area contributed by atoms with Crippen LogP contribution in [0.4, 0.5) is 5.69 Å². The molecule has 0 heterocycles. The summed E-state index contributed by atoms with van der Waals surface area (Å²) in [5.74, 6) is 0.279. The first-order valence-electron chi connectivity index (χ1n) is 6.93. The number of amides is 1. The molecule has 0 unspecified atom stereocenters. The maximum absolute atomic E-state index is 12.3. The molecular weight excluding hydrogens is 240 g/mol. The monoisotopic (exact) mass is 262 g/mol. The lowest BCUT2D eigenvalue weighted by molar-refractivity contribution is -0.131. The van der Waals surface area contributed by atoms with Crippen molar-refractivity contribution in [3.63, 3.8) is 0 Å². The van der Waals surface area contributed by atoms with Gasteiger partial charge in [-0.05, 0) is 37.5 Å². The summed E-state index contributed by atoms with van der Waals surface area (Å²) >= 11 is 0. The van der Waals surface area contributed by atoms with Crippen molar-refractivity contribution in [2.45, 2.75) is 45.6 Å². The molecule has 0 bridgehead atoms. The van der Waals surface area contributed by atoms with Crippen molar-refractivity contribution in [3.8, 4) is 5.75 Å². The van der Waals surface area contributed by atoms with Crippen LogP contribution in [0.1, 0.15) is 44.6 Å². The molecule has 4 N–H and O–H groups in total. The van der Waals surface area contributed by atoms with Crippen LogP contribution >= 0.6 is 0 Å². The van der Waals surface area contributed by atoms with Gasteiger partial charge in [0, 0.05) is 23.2 Å². The highest BCUT2D eigenvalue weighted by atomic mass is 16.3. The number of nitrogens with two attached hydrogens (primary N) is 1. The van der Waals surface area contributed by atoms with Crippen molar-refractivity contribution in [1.29, 1.82) is 0 Å². The van der Waals surface area contributed by atoms with Crippen molar-refractivity contribution in [2.24, 2.45) is 5.41 Å². The summed E-state index contributed by atoms with van der Waals surface area (Å²) in [6.45, 7) is 2.40. The first-order valence-corrected chi connectivity index (χ1v) is 6.93. The van der Waals surface area contributed by atoms with Crippen LogP contribution in [0.25, 0.3) is 0 Å². The van der Waals surface area contributed by atoms with Gasteiger partial charge in [0.15, 0.2) is 0 Å². The molecule has 1 aliphatic carbocycles. The molecule has 2 rings (SSSR count). The van der Waals surface area contributed by atoms with Gasteiger partial charge >= 0.3 is 0 Å². The average molecular weight is 262 g/mol. The lowest BCUT2D eigenvalue weighted by Crippen LogP contribution is -2.38. The number of phenols is 1. The highest BCUT2D eigenvalue weighted by molar-refractivity contribution is 5.82. The number of nitrogens with one attached hydrogen (secondary N) is 1. The Labute approximate surface area is 114 Å². The summed E-state index contributed by atoms with van der Waals surface area (Å²) in [7, 11) is 0. The molecule has 1 aliphatic rings. The lowest BCUT2D eigenvalue weighted by Gasteiger charge is -2.26. The van der Waals surface area contributed by atoms with Crippen LogP contribution < -0.4 is 11.1 Å². The Balaban J connectivity index is 2.02. The Kier molecular flexibility index (Phi) is 3.98. The zero-order valence-corrected chi connectivity index (χ0v) is 11.4. The van der Waals surface area contributed by atoms with Crippen LogP contribution in [0.15, 0.2) is 18.2 Å². The minimum atomic E-state index is -0.198. The molecule has 0 atom stereocenters. The predicted octanol–water partition coefficient (Wildman–Crippen LogP) is 2.56. The number of phenolic OH excluding ortho intramolecular Hbond substituents is 1. The van der Waals surface area contributed by atoms with E-state index in [2.05, 4.69) is 12.2 Å². The van der Waals surface area contributed by atoms with E-state index in [0.29, 0.717) is 17.8 Å². The first-order chi connectivity index (χ1) is 9.07. The molecule has 0 aliphatic heterocycles. The second-order valence-electron chi connectivity index (χ2n) is 5.41. The number of carbonyl (C=O) groups excluding carboxylic acids is 1. The van der Waals surface area contributed by atoms with E-state index >= 15 is 0 Å². The van der Waals surface area contributed by atoms with Crippen molar-refractivity contribution < 1.29 is 9.90 Å². The van der Waals surface area contributed by atoms with E-state index in [4.69, 9.17) is 5.73 Å². The molecule has 0 radical (unpaired) electrons. The van der Waals surface area contributed by atoms with Crippen LogP contribution in [0.3, 0.4) is 0 Å². The predicted molar refractivity (Wildman–Crippen MR) is 75.6 cm³/mol. The molecule has 4 heteroatoms. The lowest BCUT2D eigenvalue weighted by atomic mass is 9.82. The quantitative estimate of drug-likeness (QED) is 0.576. The molecule has 1 fully saturated rings. The molecule has 1 aromatic rings. The largest absolute Gasteiger partial charge is 0.508 e. The van der Waals surface area contributed by atoms with Crippen molar-refractivity contribution in [3.05, 3.63) is 23.8 Å². The van der Waals surface area contributed by atoms with E-state index in [1.54, 1.807) is 18.2 Å². The Bertz CT molecular complexity index is 465. The Morgan fingerprint density at radius 3 is 2.74 bits per heavy atom. The number of aromatic hydroxyl groups is 1. The molecule has 4 nitrogen and oxygen atoms in total. The molecule has 0 spiro atoms. The van der Waals surface area contributed by atoms with Gasteiger partial charge in [0.1, 0.15) is 5.75 Å². The molecule has 1 amide bonds. The number of anilines is 1. The minimum Gasteiger partial charge on any atom is -0.508 e. The van der Waals surface area contributed by atoms with Gasteiger partial charge in [0.2, 0.25) is 5.91 Å². The number of hydrogen-bond acceptors (Lipinski definition) is 3. The van der Waals surface area contributed by atoms with Gasteiger partial charge in [-0.15, -0.1) is 0 Å². The summed E-state index contributed by atoms with van der Waals surface area (Å²) in [5.41, 5.74) is 6.74. The van der Waals surface area contributed by atoms with E-state index in [1.807, 2.05) is 0 Å². The summed E-state index contributed by atoms with van der Waals surface area (Å²) in [6.07, 6.45) is 5.08. The summed E-state index contributed by atoms with van der Waals surface area (Å²) < 4.78 is 0. The molecule has 1 aromatic carbocycles. The molecule has 0 aromatic heterocycles. The maximum atomic E-state index is 12.3. The second-order valence-corrected chi connectivity index (χ2v) is 5.41. The summed E-state index contributed by atoms with van der Waals surface area (Å²) in [6, 6.07) is 4.90. The number of carbonyl (C=O) groups is 1. The molecule has 0 saturated heterocycles. The van der Waals surface area contributed by atoms with E-state index in [1.165, 1.54) is 0 Å². The number of hydrogen-bond donors (Lipinski definition) is 3. The highest BCUT2D eigenvalue weighted by Gasteiger charge is 2.38. The van der Waals surface area contributed by atoms with Crippen molar-refractivity contribution in [2.75, 3.05) is 5.73 Å². The molecule has 104 valence electrons. The SMILES string of the molecule is CCC1(C(=O)NCc2cc(N)ccc2O)CCCC1. The number of nitrogen functional groups attached to an aromatic ring is 1. The van der Waals surface area contributed by atoms with Gasteiger partial charge in [0.25, 0.3) is 0 Å². The van der Waals surface area contributed by atoms with Gasteiger partial charge in [-0.3, -0.25) is 4.79 Å². The summed E-state index contributed by atoms with van der Waals surface area (Å²) in [4.78, 5) is 12.3. The van der Waals surface area contributed by atoms with E-state index in [0.717, 1.165) is 32.1 Å². The fourth-order valence-electron chi connectivity index (χ4n) is 2.90. The van der Waals surface area contributed by atoms with Gasteiger partial charge in [0.05, 0.1) is 0 Å². The molecular formula is C15H22N2O2. The number of rotatable bonds is 4. The smallest absolute Gasteiger partial charge is 0.226 e. The van der Waals surface area contributed by atoms with Crippen molar-refractivity contribution >= 4 is 11.6 Å². The third-order valence-electron chi connectivity index (χ3n) is 4.26. The fourth-order valence-corrected chi connectivity index (χ4v) is 2.90. The summed E-state index contributed by atoms with van der Waals surface area (Å²) in [5, 5.41) is 12.7. The van der Waals surface area contributed by atoms with Crippen LogP contribution in [-0.2, 0) is 11.3 Å². The van der Waals surface area contributed by atoms with E-state index in [-0.39, 0.29) is 17.1 Å². The van der Waals surface area contributed by atoms with Crippen LogP contribution in [0.2, 0.25) is 0 Å². The Morgan fingerprint density at radius 2 is 2.11 bits per heavy atom.